The molecule has 0 fully saturated rings. The molecule has 3 heteroatoms. The fourth-order valence-corrected chi connectivity index (χ4v) is 2.93. The molecule has 0 bridgehead atoms. The van der Waals surface area contributed by atoms with E-state index in [4.69, 9.17) is 9.47 Å². The lowest BCUT2D eigenvalue weighted by atomic mass is 10.1. The maximum atomic E-state index is 5.68. The molecule has 0 radical (unpaired) electrons. The molecule has 0 unspecified atom stereocenters. The highest BCUT2D eigenvalue weighted by Gasteiger charge is 2.09. The third kappa shape index (κ3) is 3.01. The summed E-state index contributed by atoms with van der Waals surface area (Å²) in [4.78, 5) is 0. The van der Waals surface area contributed by atoms with E-state index in [1.807, 2.05) is 6.92 Å². The standard InChI is InChI=1S/C19H23NO2/c1-3-21-12-13-22-11-10-20-18-7-5-4-6-16(18)17-14-15(2)8-9-19(17)20/h4-9,14H,3,10-13H2,1-2H3. The summed E-state index contributed by atoms with van der Waals surface area (Å²) < 4.78 is 13.3. The molecule has 22 heavy (non-hydrogen) atoms. The van der Waals surface area contributed by atoms with Crippen LogP contribution in [0.25, 0.3) is 21.8 Å². The fourth-order valence-electron chi connectivity index (χ4n) is 2.93. The molecule has 116 valence electrons. The van der Waals surface area contributed by atoms with Crippen LogP contribution in [0.1, 0.15) is 12.5 Å². The number of ether oxygens (including phenoxy) is 2. The predicted molar refractivity (Wildman–Crippen MR) is 91.5 cm³/mol. The Bertz CT molecular complexity index is 761. The highest BCUT2D eigenvalue weighted by Crippen LogP contribution is 2.29. The van der Waals surface area contributed by atoms with Crippen LogP contribution in [-0.4, -0.2) is 31.0 Å². The lowest BCUT2D eigenvalue weighted by molar-refractivity contribution is 0.0503. The smallest absolute Gasteiger partial charge is 0.0701 e. The van der Waals surface area contributed by atoms with Crippen LogP contribution < -0.4 is 0 Å². The molecule has 0 aliphatic carbocycles. The summed E-state index contributed by atoms with van der Waals surface area (Å²) in [7, 11) is 0. The van der Waals surface area contributed by atoms with Crippen molar-refractivity contribution in [1.29, 1.82) is 0 Å². The molecular formula is C19H23NO2. The number of hydrogen-bond donors (Lipinski definition) is 0. The van der Waals surface area contributed by atoms with Gasteiger partial charge in [-0.2, -0.15) is 0 Å². The van der Waals surface area contributed by atoms with Gasteiger partial charge >= 0.3 is 0 Å². The second-order valence-electron chi connectivity index (χ2n) is 5.50. The average Bonchev–Trinajstić information content (AvgIpc) is 2.84. The third-order valence-electron chi connectivity index (χ3n) is 3.96. The van der Waals surface area contributed by atoms with Gasteiger partial charge in [-0.25, -0.2) is 0 Å². The van der Waals surface area contributed by atoms with E-state index < -0.39 is 0 Å². The van der Waals surface area contributed by atoms with Gasteiger partial charge in [0.05, 0.1) is 19.8 Å². The molecule has 3 nitrogen and oxygen atoms in total. The number of fused-ring (bicyclic) bond motifs is 3. The summed E-state index contributed by atoms with van der Waals surface area (Å²) in [5.74, 6) is 0. The van der Waals surface area contributed by atoms with E-state index in [9.17, 15) is 0 Å². The van der Waals surface area contributed by atoms with Crippen molar-refractivity contribution in [2.75, 3.05) is 26.4 Å². The van der Waals surface area contributed by atoms with Gasteiger partial charge in [0, 0.05) is 35.0 Å². The monoisotopic (exact) mass is 297 g/mol. The first-order valence-corrected chi connectivity index (χ1v) is 7.94. The molecule has 0 aliphatic rings. The van der Waals surface area contributed by atoms with E-state index in [0.29, 0.717) is 19.8 Å². The zero-order valence-electron chi connectivity index (χ0n) is 13.3. The molecule has 3 rings (SSSR count). The Morgan fingerprint density at radius 3 is 2.50 bits per heavy atom. The van der Waals surface area contributed by atoms with Gasteiger partial charge in [0.2, 0.25) is 0 Å². The molecule has 0 saturated carbocycles. The number of nitrogens with zero attached hydrogens (tertiary/aromatic N) is 1. The van der Waals surface area contributed by atoms with Crippen LogP contribution in [0.15, 0.2) is 42.5 Å². The normalized spacial score (nSPS) is 11.5. The van der Waals surface area contributed by atoms with Crippen LogP contribution in [0.4, 0.5) is 0 Å². The highest BCUT2D eigenvalue weighted by molar-refractivity contribution is 6.08. The Kier molecular flexibility index (Phi) is 4.76. The summed E-state index contributed by atoms with van der Waals surface area (Å²) in [6, 6.07) is 15.2. The topological polar surface area (TPSA) is 23.4 Å². The van der Waals surface area contributed by atoms with E-state index in [-0.39, 0.29) is 0 Å². The zero-order valence-corrected chi connectivity index (χ0v) is 13.3. The average molecular weight is 297 g/mol. The Hall–Kier alpha value is -1.84. The first-order valence-electron chi connectivity index (χ1n) is 7.94. The molecule has 1 heterocycles. The van der Waals surface area contributed by atoms with Crippen molar-refractivity contribution >= 4 is 21.8 Å². The van der Waals surface area contributed by atoms with Crippen molar-refractivity contribution < 1.29 is 9.47 Å². The number of aryl methyl sites for hydroxylation is 1. The lowest BCUT2D eigenvalue weighted by Gasteiger charge is -2.08. The van der Waals surface area contributed by atoms with Gasteiger partial charge in [-0.05, 0) is 32.0 Å². The van der Waals surface area contributed by atoms with E-state index in [1.165, 1.54) is 27.4 Å². The minimum absolute atomic E-state index is 0.657. The van der Waals surface area contributed by atoms with E-state index in [2.05, 4.69) is 54.0 Å². The van der Waals surface area contributed by atoms with Crippen LogP contribution in [0.5, 0.6) is 0 Å². The predicted octanol–water partition coefficient (Wildman–Crippen LogP) is 4.16. The molecule has 1 aromatic heterocycles. The van der Waals surface area contributed by atoms with Crippen LogP contribution in [-0.2, 0) is 16.0 Å². The molecule has 3 aromatic rings. The summed E-state index contributed by atoms with van der Waals surface area (Å²) in [5.41, 5.74) is 3.85. The van der Waals surface area contributed by atoms with Crippen LogP contribution >= 0.6 is 0 Å². The zero-order chi connectivity index (χ0) is 15.4. The third-order valence-corrected chi connectivity index (χ3v) is 3.96. The number of para-hydroxylation sites is 1. The minimum Gasteiger partial charge on any atom is -0.379 e. The lowest BCUT2D eigenvalue weighted by Crippen LogP contribution is -2.09. The summed E-state index contributed by atoms with van der Waals surface area (Å²) in [5, 5.41) is 2.64. The Morgan fingerprint density at radius 1 is 0.864 bits per heavy atom. The van der Waals surface area contributed by atoms with Gasteiger partial charge in [0.1, 0.15) is 0 Å². The van der Waals surface area contributed by atoms with Gasteiger partial charge in [-0.3, -0.25) is 0 Å². The van der Waals surface area contributed by atoms with E-state index in [1.54, 1.807) is 0 Å². The number of aromatic nitrogens is 1. The van der Waals surface area contributed by atoms with Gasteiger partial charge in [0.25, 0.3) is 0 Å². The van der Waals surface area contributed by atoms with Crippen molar-refractivity contribution in [3.05, 3.63) is 48.0 Å². The van der Waals surface area contributed by atoms with Crippen molar-refractivity contribution in [2.24, 2.45) is 0 Å². The maximum Gasteiger partial charge on any atom is 0.0701 e. The van der Waals surface area contributed by atoms with Gasteiger partial charge < -0.3 is 14.0 Å². The molecular weight excluding hydrogens is 274 g/mol. The molecule has 2 aromatic carbocycles. The first kappa shape index (κ1) is 15.1. The minimum atomic E-state index is 0.657. The summed E-state index contributed by atoms with van der Waals surface area (Å²) >= 11 is 0. The summed E-state index contributed by atoms with van der Waals surface area (Å²) in [6.45, 7) is 7.78. The maximum absolute atomic E-state index is 5.68. The SMILES string of the molecule is CCOCCOCCn1c2ccccc2c2cc(C)ccc21. The van der Waals surface area contributed by atoms with Gasteiger partial charge in [-0.15, -0.1) is 0 Å². The number of rotatable bonds is 7. The van der Waals surface area contributed by atoms with E-state index in [0.717, 1.165) is 13.2 Å². The van der Waals surface area contributed by atoms with Crippen molar-refractivity contribution in [3.63, 3.8) is 0 Å². The van der Waals surface area contributed by atoms with Crippen LogP contribution in [0.3, 0.4) is 0 Å². The molecule has 0 aliphatic heterocycles. The quantitative estimate of drug-likeness (QED) is 0.611. The molecule has 0 N–H and O–H groups in total. The number of hydrogen-bond acceptors (Lipinski definition) is 2. The Morgan fingerprint density at radius 2 is 1.64 bits per heavy atom. The van der Waals surface area contributed by atoms with E-state index >= 15 is 0 Å². The Balaban J connectivity index is 1.84. The van der Waals surface area contributed by atoms with Crippen molar-refractivity contribution in [3.8, 4) is 0 Å². The second kappa shape index (κ2) is 6.95. The fraction of sp³-hybridized carbons (Fsp3) is 0.368. The van der Waals surface area contributed by atoms with Gasteiger partial charge in [-0.1, -0.05) is 29.8 Å². The molecule has 0 atom stereocenters. The molecule has 0 saturated heterocycles. The van der Waals surface area contributed by atoms with Crippen molar-refractivity contribution in [2.45, 2.75) is 20.4 Å². The number of benzene rings is 2. The van der Waals surface area contributed by atoms with Crippen molar-refractivity contribution in [1.82, 2.24) is 4.57 Å². The van der Waals surface area contributed by atoms with Crippen LogP contribution in [0.2, 0.25) is 0 Å². The Labute approximate surface area is 131 Å². The summed E-state index contributed by atoms with van der Waals surface area (Å²) in [6.07, 6.45) is 0. The molecule has 0 amide bonds. The van der Waals surface area contributed by atoms with Crippen LogP contribution in [0, 0.1) is 6.92 Å². The second-order valence-corrected chi connectivity index (χ2v) is 5.50. The first-order chi connectivity index (χ1) is 10.8. The van der Waals surface area contributed by atoms with Gasteiger partial charge in [0.15, 0.2) is 0 Å². The largest absolute Gasteiger partial charge is 0.379 e. The molecule has 0 spiro atoms. The highest BCUT2D eigenvalue weighted by atomic mass is 16.5.